The van der Waals surface area contributed by atoms with E-state index in [0.29, 0.717) is 5.69 Å². The van der Waals surface area contributed by atoms with Crippen molar-refractivity contribution < 1.29 is 9.18 Å². The smallest absolute Gasteiger partial charge is 0.241 e. The summed E-state index contributed by atoms with van der Waals surface area (Å²) in [5, 5.41) is 11.6. The molecule has 0 aliphatic carbocycles. The molecule has 18 heavy (non-hydrogen) atoms. The summed E-state index contributed by atoms with van der Waals surface area (Å²) in [6, 6.07) is 5.84. The molecule has 1 aliphatic heterocycles. The number of nitrogens with zero attached hydrogens (tertiary/aromatic N) is 2. The summed E-state index contributed by atoms with van der Waals surface area (Å²) >= 11 is 0. The average molecular weight is 247 g/mol. The van der Waals surface area contributed by atoms with Gasteiger partial charge in [0.15, 0.2) is 0 Å². The molecule has 94 valence electrons. The maximum absolute atomic E-state index is 13.2. The number of amides is 1. The summed E-state index contributed by atoms with van der Waals surface area (Å²) in [7, 11) is 0. The standard InChI is InChI=1S/C13H14FN3O/c14-11-5-10(8-15)6-12(7-11)16-9-13(18)17-3-1-2-4-17/h5-7,16H,1-4,9H2. The van der Waals surface area contributed by atoms with Crippen molar-refractivity contribution in [2.45, 2.75) is 12.8 Å². The SMILES string of the molecule is N#Cc1cc(F)cc(NCC(=O)N2CCCC2)c1. The van der Waals surface area contributed by atoms with Gasteiger partial charge in [0.05, 0.1) is 18.2 Å². The highest BCUT2D eigenvalue weighted by atomic mass is 19.1. The minimum absolute atomic E-state index is 0.00951. The van der Waals surface area contributed by atoms with Gasteiger partial charge >= 0.3 is 0 Å². The Morgan fingerprint density at radius 3 is 2.78 bits per heavy atom. The zero-order valence-electron chi connectivity index (χ0n) is 9.95. The molecule has 4 nitrogen and oxygen atoms in total. The lowest BCUT2D eigenvalue weighted by atomic mass is 10.2. The largest absolute Gasteiger partial charge is 0.376 e. The van der Waals surface area contributed by atoms with Crippen LogP contribution in [0, 0.1) is 17.1 Å². The van der Waals surface area contributed by atoms with Crippen molar-refractivity contribution in [3.05, 3.63) is 29.6 Å². The van der Waals surface area contributed by atoms with Crippen molar-refractivity contribution in [2.75, 3.05) is 25.0 Å². The molecule has 0 radical (unpaired) electrons. The summed E-state index contributed by atoms with van der Waals surface area (Å²) in [5.41, 5.74) is 0.699. The Morgan fingerprint density at radius 1 is 1.39 bits per heavy atom. The summed E-state index contributed by atoms with van der Waals surface area (Å²) in [6.07, 6.45) is 2.09. The van der Waals surface area contributed by atoms with Gasteiger partial charge in [-0.15, -0.1) is 0 Å². The molecule has 5 heteroatoms. The van der Waals surface area contributed by atoms with Crippen LogP contribution in [0.15, 0.2) is 18.2 Å². The third-order valence-electron chi connectivity index (χ3n) is 2.93. The van der Waals surface area contributed by atoms with Crippen molar-refractivity contribution in [2.24, 2.45) is 0 Å². The van der Waals surface area contributed by atoms with Gasteiger partial charge in [-0.3, -0.25) is 4.79 Å². The minimum Gasteiger partial charge on any atom is -0.376 e. The van der Waals surface area contributed by atoms with E-state index in [1.807, 2.05) is 6.07 Å². The first-order valence-corrected chi connectivity index (χ1v) is 5.91. The summed E-state index contributed by atoms with van der Waals surface area (Å²) in [6.45, 7) is 1.73. The topological polar surface area (TPSA) is 56.1 Å². The average Bonchev–Trinajstić information content (AvgIpc) is 2.89. The highest BCUT2D eigenvalue weighted by Crippen LogP contribution is 2.14. The van der Waals surface area contributed by atoms with Crippen LogP contribution in [-0.4, -0.2) is 30.4 Å². The fraction of sp³-hybridized carbons (Fsp3) is 0.385. The molecule has 1 saturated heterocycles. The monoisotopic (exact) mass is 247 g/mol. The number of halogens is 1. The zero-order valence-corrected chi connectivity index (χ0v) is 9.95. The number of benzene rings is 1. The number of carbonyl (C=O) groups is 1. The predicted molar refractivity (Wildman–Crippen MR) is 65.4 cm³/mol. The number of rotatable bonds is 3. The Labute approximate surface area is 105 Å². The maximum atomic E-state index is 13.2. The van der Waals surface area contributed by atoms with Crippen molar-refractivity contribution in [3.63, 3.8) is 0 Å². The number of hydrogen-bond donors (Lipinski definition) is 1. The Balaban J connectivity index is 1.95. The first-order valence-electron chi connectivity index (χ1n) is 5.91. The van der Waals surface area contributed by atoms with E-state index in [4.69, 9.17) is 5.26 Å². The van der Waals surface area contributed by atoms with Crippen LogP contribution in [0.1, 0.15) is 18.4 Å². The van der Waals surface area contributed by atoms with Gasteiger partial charge in [0.2, 0.25) is 5.91 Å². The molecular weight excluding hydrogens is 233 g/mol. The second kappa shape index (κ2) is 5.50. The van der Waals surface area contributed by atoms with Gasteiger partial charge in [0, 0.05) is 18.8 Å². The molecule has 0 bridgehead atoms. The number of nitriles is 1. The summed E-state index contributed by atoms with van der Waals surface area (Å²) in [4.78, 5) is 13.6. The molecule has 1 aromatic rings. The fourth-order valence-electron chi connectivity index (χ4n) is 2.01. The van der Waals surface area contributed by atoms with Crippen LogP contribution >= 0.6 is 0 Å². The number of nitrogens with one attached hydrogen (secondary N) is 1. The highest BCUT2D eigenvalue weighted by Gasteiger charge is 2.17. The van der Waals surface area contributed by atoms with Crippen LogP contribution in [0.5, 0.6) is 0 Å². The second-order valence-electron chi connectivity index (χ2n) is 4.28. The number of carbonyl (C=O) groups excluding carboxylic acids is 1. The minimum atomic E-state index is -0.481. The molecule has 1 N–H and O–H groups in total. The molecule has 0 unspecified atom stereocenters. The molecule has 1 amide bonds. The number of hydrogen-bond acceptors (Lipinski definition) is 3. The molecule has 0 aromatic heterocycles. The van der Waals surface area contributed by atoms with E-state index in [-0.39, 0.29) is 18.0 Å². The molecule has 1 aromatic carbocycles. The Morgan fingerprint density at radius 2 is 2.11 bits per heavy atom. The van der Waals surface area contributed by atoms with Crippen LogP contribution in [0.4, 0.5) is 10.1 Å². The van der Waals surface area contributed by atoms with Crippen LogP contribution < -0.4 is 5.32 Å². The second-order valence-corrected chi connectivity index (χ2v) is 4.28. The Bertz CT molecular complexity index is 489. The van der Waals surface area contributed by atoms with Gasteiger partial charge in [-0.05, 0) is 31.0 Å². The molecule has 2 rings (SSSR count). The van der Waals surface area contributed by atoms with E-state index < -0.39 is 5.82 Å². The molecular formula is C13H14FN3O. The zero-order chi connectivity index (χ0) is 13.0. The number of likely N-dealkylation sites (tertiary alicyclic amines) is 1. The van der Waals surface area contributed by atoms with E-state index >= 15 is 0 Å². The normalized spacial score (nSPS) is 14.3. The van der Waals surface area contributed by atoms with E-state index in [9.17, 15) is 9.18 Å². The van der Waals surface area contributed by atoms with Crippen LogP contribution in [0.2, 0.25) is 0 Å². The quantitative estimate of drug-likeness (QED) is 0.885. The van der Waals surface area contributed by atoms with E-state index in [0.717, 1.165) is 32.0 Å². The van der Waals surface area contributed by atoms with Gasteiger partial charge in [0.1, 0.15) is 5.82 Å². The van der Waals surface area contributed by atoms with Crippen LogP contribution in [0.25, 0.3) is 0 Å². The molecule has 0 atom stereocenters. The third kappa shape index (κ3) is 2.98. The number of anilines is 1. The Hall–Kier alpha value is -2.09. The first-order chi connectivity index (χ1) is 8.69. The van der Waals surface area contributed by atoms with Crippen molar-refractivity contribution >= 4 is 11.6 Å². The Kier molecular flexibility index (Phi) is 3.78. The molecule has 1 fully saturated rings. The predicted octanol–water partition coefficient (Wildman–Crippen LogP) is 1.73. The van der Waals surface area contributed by atoms with E-state index in [2.05, 4.69) is 5.32 Å². The van der Waals surface area contributed by atoms with Crippen LogP contribution in [-0.2, 0) is 4.79 Å². The first kappa shape index (κ1) is 12.4. The lowest BCUT2D eigenvalue weighted by Gasteiger charge is -2.16. The third-order valence-corrected chi connectivity index (χ3v) is 2.93. The molecule has 0 spiro atoms. The summed E-state index contributed by atoms with van der Waals surface area (Å²) < 4.78 is 13.2. The van der Waals surface area contributed by atoms with E-state index in [1.165, 1.54) is 12.1 Å². The fourth-order valence-corrected chi connectivity index (χ4v) is 2.01. The summed E-state index contributed by atoms with van der Waals surface area (Å²) in [5.74, 6) is -0.472. The van der Waals surface area contributed by atoms with Crippen LogP contribution in [0.3, 0.4) is 0 Å². The lowest BCUT2D eigenvalue weighted by Crippen LogP contribution is -2.32. The van der Waals surface area contributed by atoms with Gasteiger partial charge in [0.25, 0.3) is 0 Å². The molecule has 1 heterocycles. The maximum Gasteiger partial charge on any atom is 0.241 e. The van der Waals surface area contributed by atoms with E-state index in [1.54, 1.807) is 4.90 Å². The van der Waals surface area contributed by atoms with Crippen molar-refractivity contribution in [1.82, 2.24) is 4.90 Å². The van der Waals surface area contributed by atoms with Gasteiger partial charge < -0.3 is 10.2 Å². The van der Waals surface area contributed by atoms with Crippen molar-refractivity contribution in [1.29, 1.82) is 5.26 Å². The lowest BCUT2D eigenvalue weighted by molar-refractivity contribution is -0.128. The molecule has 1 aliphatic rings. The molecule has 0 saturated carbocycles. The van der Waals surface area contributed by atoms with Crippen molar-refractivity contribution in [3.8, 4) is 6.07 Å². The van der Waals surface area contributed by atoms with Gasteiger partial charge in [-0.25, -0.2) is 4.39 Å². The van der Waals surface area contributed by atoms with Gasteiger partial charge in [-0.2, -0.15) is 5.26 Å². The van der Waals surface area contributed by atoms with Gasteiger partial charge in [-0.1, -0.05) is 0 Å². The highest BCUT2D eigenvalue weighted by molar-refractivity contribution is 5.81.